The largest absolute Gasteiger partial charge is 0.454 e. The van der Waals surface area contributed by atoms with Gasteiger partial charge in [0.2, 0.25) is 6.79 Å². The summed E-state index contributed by atoms with van der Waals surface area (Å²) in [6.07, 6.45) is 1.43. The standard InChI is InChI=1S/C18H12BrN3O5/c1-10-14(18(23)21(20-10)13-4-2-3-12(19)7-13)5-11-6-16-17(27-9-26-16)8-15(11)22(24)25/h2-8,20H,1,9H2. The van der Waals surface area contributed by atoms with Gasteiger partial charge in [-0.05, 0) is 30.3 Å². The van der Waals surface area contributed by atoms with Crippen LogP contribution in [0.15, 0.2) is 45.7 Å². The van der Waals surface area contributed by atoms with Gasteiger partial charge in [-0.2, -0.15) is 0 Å². The third-order valence-electron chi connectivity index (χ3n) is 4.09. The number of benzene rings is 2. The van der Waals surface area contributed by atoms with Gasteiger partial charge in [0.15, 0.2) is 11.5 Å². The van der Waals surface area contributed by atoms with Gasteiger partial charge < -0.3 is 9.47 Å². The topological polar surface area (TPSA) is 99.4 Å². The molecule has 1 aromatic heterocycles. The molecule has 0 bridgehead atoms. The molecule has 0 unspecified atom stereocenters. The van der Waals surface area contributed by atoms with Gasteiger partial charge >= 0.3 is 0 Å². The molecule has 4 rings (SSSR count). The van der Waals surface area contributed by atoms with Crippen LogP contribution >= 0.6 is 15.9 Å². The van der Waals surface area contributed by atoms with Crippen molar-refractivity contribution in [2.45, 2.75) is 0 Å². The number of aromatic amines is 1. The fourth-order valence-electron chi connectivity index (χ4n) is 2.82. The average Bonchev–Trinajstić information content (AvgIpc) is 3.20. The third kappa shape index (κ3) is 3.02. The van der Waals surface area contributed by atoms with Crippen LogP contribution in [0.2, 0.25) is 0 Å². The normalized spacial score (nSPS) is 13.1. The van der Waals surface area contributed by atoms with Gasteiger partial charge in [0.25, 0.3) is 11.2 Å². The summed E-state index contributed by atoms with van der Waals surface area (Å²) in [7, 11) is 0. The van der Waals surface area contributed by atoms with E-state index in [0.29, 0.717) is 22.5 Å². The van der Waals surface area contributed by atoms with Gasteiger partial charge in [-0.15, -0.1) is 0 Å². The molecular formula is C18H12BrN3O5. The molecule has 0 atom stereocenters. The SMILES string of the molecule is C=c1[nH]n(-c2cccc(Br)c2)c(=O)c1=Cc1cc2c(cc1[N+](=O)[O-])OCO2. The summed E-state index contributed by atoms with van der Waals surface area (Å²) in [6, 6.07) is 9.93. The van der Waals surface area contributed by atoms with Crippen LogP contribution in [-0.2, 0) is 0 Å². The number of hydrogen-bond donors (Lipinski definition) is 1. The van der Waals surface area contributed by atoms with E-state index in [1.807, 2.05) is 6.07 Å². The zero-order valence-corrected chi connectivity index (χ0v) is 15.4. The lowest BCUT2D eigenvalue weighted by molar-refractivity contribution is -0.385. The van der Waals surface area contributed by atoms with Crippen LogP contribution < -0.4 is 25.6 Å². The maximum atomic E-state index is 12.8. The van der Waals surface area contributed by atoms with Crippen molar-refractivity contribution in [2.24, 2.45) is 0 Å². The lowest BCUT2D eigenvalue weighted by atomic mass is 10.1. The first-order chi connectivity index (χ1) is 12.9. The van der Waals surface area contributed by atoms with Crippen LogP contribution in [0.4, 0.5) is 5.69 Å². The Morgan fingerprint density at radius 1 is 1.26 bits per heavy atom. The summed E-state index contributed by atoms with van der Waals surface area (Å²) in [5.74, 6) is 0.689. The number of ether oxygens (including phenoxy) is 2. The fraction of sp³-hybridized carbons (Fsp3) is 0.0556. The average molecular weight is 430 g/mol. The van der Waals surface area contributed by atoms with Crippen molar-refractivity contribution in [2.75, 3.05) is 6.79 Å². The first-order valence-corrected chi connectivity index (χ1v) is 8.59. The lowest BCUT2D eigenvalue weighted by Gasteiger charge is -2.01. The molecule has 9 heteroatoms. The summed E-state index contributed by atoms with van der Waals surface area (Å²) in [5, 5.41) is 14.9. The Labute approximate surface area is 160 Å². The van der Waals surface area contributed by atoms with Crippen molar-refractivity contribution < 1.29 is 14.4 Å². The number of nitrogens with one attached hydrogen (secondary N) is 1. The Balaban J connectivity index is 1.93. The van der Waals surface area contributed by atoms with Crippen molar-refractivity contribution in [3.05, 3.63) is 77.5 Å². The van der Waals surface area contributed by atoms with Crippen molar-refractivity contribution in [1.29, 1.82) is 0 Å². The van der Waals surface area contributed by atoms with E-state index in [2.05, 4.69) is 27.6 Å². The zero-order chi connectivity index (χ0) is 19.1. The lowest BCUT2D eigenvalue weighted by Crippen LogP contribution is -2.34. The molecule has 0 aliphatic carbocycles. The number of nitrogens with zero attached hydrogens (tertiary/aromatic N) is 2. The van der Waals surface area contributed by atoms with E-state index in [4.69, 9.17) is 9.47 Å². The molecule has 0 amide bonds. The predicted molar refractivity (Wildman–Crippen MR) is 102 cm³/mol. The molecule has 1 N–H and O–H groups in total. The number of rotatable bonds is 3. The van der Waals surface area contributed by atoms with Gasteiger partial charge in [-0.1, -0.05) is 28.6 Å². The molecule has 0 fully saturated rings. The molecule has 8 nitrogen and oxygen atoms in total. The first-order valence-electron chi connectivity index (χ1n) is 7.80. The quantitative estimate of drug-likeness (QED) is 0.505. The van der Waals surface area contributed by atoms with Crippen molar-refractivity contribution >= 4 is 34.3 Å². The Bertz CT molecular complexity index is 1240. The molecule has 136 valence electrons. The second-order valence-corrected chi connectivity index (χ2v) is 6.71. The first kappa shape index (κ1) is 17.1. The molecule has 1 aliphatic rings. The van der Waals surface area contributed by atoms with E-state index >= 15 is 0 Å². The third-order valence-corrected chi connectivity index (χ3v) is 4.58. The monoisotopic (exact) mass is 429 g/mol. The van der Waals surface area contributed by atoms with Gasteiger partial charge in [-0.3, -0.25) is 20.0 Å². The Morgan fingerprint density at radius 3 is 2.70 bits per heavy atom. The molecule has 0 spiro atoms. The van der Waals surface area contributed by atoms with E-state index in [0.717, 1.165) is 4.47 Å². The molecule has 2 aromatic carbocycles. The van der Waals surface area contributed by atoms with Crippen molar-refractivity contribution in [1.82, 2.24) is 9.78 Å². The summed E-state index contributed by atoms with van der Waals surface area (Å²) < 4.78 is 12.6. The van der Waals surface area contributed by atoms with E-state index in [1.165, 1.54) is 22.9 Å². The van der Waals surface area contributed by atoms with Crippen LogP contribution in [0.1, 0.15) is 5.56 Å². The number of aromatic nitrogens is 2. The maximum absolute atomic E-state index is 12.8. The van der Waals surface area contributed by atoms with Crippen molar-refractivity contribution in [3.8, 4) is 17.2 Å². The van der Waals surface area contributed by atoms with Gasteiger partial charge in [0.1, 0.15) is 0 Å². The number of nitro benzene ring substituents is 1. The Kier molecular flexibility index (Phi) is 4.08. The number of hydrogen-bond acceptors (Lipinski definition) is 5. The van der Waals surface area contributed by atoms with Gasteiger partial charge in [0.05, 0.1) is 32.8 Å². The van der Waals surface area contributed by atoms with Crippen LogP contribution in [0.5, 0.6) is 11.5 Å². The van der Waals surface area contributed by atoms with Crippen LogP contribution in [0, 0.1) is 10.1 Å². The number of H-pyrrole nitrogens is 1. The molecule has 1 aliphatic heterocycles. The zero-order valence-electron chi connectivity index (χ0n) is 13.8. The van der Waals surface area contributed by atoms with Crippen LogP contribution in [-0.4, -0.2) is 21.5 Å². The van der Waals surface area contributed by atoms with E-state index in [9.17, 15) is 14.9 Å². The second kappa shape index (κ2) is 6.44. The van der Waals surface area contributed by atoms with Crippen LogP contribution in [0.3, 0.4) is 0 Å². The minimum atomic E-state index is -0.532. The van der Waals surface area contributed by atoms with Crippen LogP contribution in [0.25, 0.3) is 18.3 Å². The highest BCUT2D eigenvalue weighted by atomic mass is 79.9. The molecule has 0 saturated carbocycles. The van der Waals surface area contributed by atoms with E-state index in [-0.39, 0.29) is 28.8 Å². The highest BCUT2D eigenvalue weighted by Gasteiger charge is 2.22. The van der Waals surface area contributed by atoms with Gasteiger partial charge in [0, 0.05) is 4.47 Å². The number of fused-ring (bicyclic) bond motifs is 1. The second-order valence-electron chi connectivity index (χ2n) is 5.79. The molecule has 2 heterocycles. The minimum Gasteiger partial charge on any atom is -0.454 e. The minimum absolute atomic E-state index is 0.00360. The summed E-state index contributed by atoms with van der Waals surface area (Å²) in [4.78, 5) is 23.7. The highest BCUT2D eigenvalue weighted by molar-refractivity contribution is 9.10. The fourth-order valence-corrected chi connectivity index (χ4v) is 3.20. The molecule has 0 radical (unpaired) electrons. The van der Waals surface area contributed by atoms with E-state index < -0.39 is 4.92 Å². The summed E-state index contributed by atoms with van der Waals surface area (Å²) >= 11 is 3.36. The smallest absolute Gasteiger partial charge is 0.280 e. The number of halogens is 1. The summed E-state index contributed by atoms with van der Waals surface area (Å²) in [6.45, 7) is 3.84. The highest BCUT2D eigenvalue weighted by Crippen LogP contribution is 2.38. The summed E-state index contributed by atoms with van der Waals surface area (Å²) in [5.41, 5.74) is 0.282. The molecule has 0 saturated heterocycles. The molecular weight excluding hydrogens is 418 g/mol. The van der Waals surface area contributed by atoms with Gasteiger partial charge in [-0.25, -0.2) is 4.68 Å². The van der Waals surface area contributed by atoms with Crippen molar-refractivity contribution in [3.63, 3.8) is 0 Å². The predicted octanol–water partition coefficient (Wildman–Crippen LogP) is 1.80. The Hall–Kier alpha value is -3.33. The van der Waals surface area contributed by atoms with E-state index in [1.54, 1.807) is 18.2 Å². The molecule has 3 aromatic rings. The number of nitro groups is 1. The maximum Gasteiger partial charge on any atom is 0.280 e. The molecule has 27 heavy (non-hydrogen) atoms. The Morgan fingerprint density at radius 2 is 2.00 bits per heavy atom.